The molecule has 128 valence electrons. The molecule has 2 amide bonds. The molecule has 2 rings (SSSR count). The minimum Gasteiger partial charge on any atom is -0.348 e. The summed E-state index contributed by atoms with van der Waals surface area (Å²) in [6.07, 6.45) is 0.849. The van der Waals surface area contributed by atoms with Crippen LogP contribution in [0.1, 0.15) is 48.5 Å². The molecule has 24 heavy (non-hydrogen) atoms. The van der Waals surface area contributed by atoms with Crippen molar-refractivity contribution in [3.8, 4) is 0 Å². The zero-order chi connectivity index (χ0) is 17.5. The van der Waals surface area contributed by atoms with Crippen LogP contribution < -0.4 is 10.6 Å². The molecular weight excluding hydrogens is 320 g/mol. The average molecular weight is 344 g/mol. The van der Waals surface area contributed by atoms with Crippen molar-refractivity contribution < 1.29 is 9.59 Å². The van der Waals surface area contributed by atoms with Gasteiger partial charge in [0.2, 0.25) is 5.91 Å². The molecular formula is C19H24N2O2S. The molecule has 1 aromatic carbocycles. The molecule has 2 aromatic rings. The lowest BCUT2D eigenvalue weighted by Crippen LogP contribution is -2.45. The fraction of sp³-hybridized carbons (Fsp3) is 0.368. The third-order valence-corrected chi connectivity index (χ3v) is 4.58. The van der Waals surface area contributed by atoms with Crippen molar-refractivity contribution in [1.29, 1.82) is 0 Å². The second kappa shape index (κ2) is 8.64. The Kier molecular flexibility index (Phi) is 6.55. The Bertz CT molecular complexity index is 653. The van der Waals surface area contributed by atoms with E-state index in [1.54, 1.807) is 13.0 Å². The molecule has 0 fully saturated rings. The highest BCUT2D eigenvalue weighted by Gasteiger charge is 2.21. The molecule has 1 aromatic heterocycles. The lowest BCUT2D eigenvalue weighted by Gasteiger charge is -2.23. The summed E-state index contributed by atoms with van der Waals surface area (Å²) < 4.78 is 0. The molecule has 0 bridgehead atoms. The van der Waals surface area contributed by atoms with E-state index in [4.69, 9.17) is 0 Å². The van der Waals surface area contributed by atoms with Gasteiger partial charge in [0.15, 0.2) is 0 Å². The Morgan fingerprint density at radius 3 is 2.29 bits per heavy atom. The zero-order valence-electron chi connectivity index (χ0n) is 14.3. The topological polar surface area (TPSA) is 58.2 Å². The molecule has 0 aliphatic carbocycles. The first kappa shape index (κ1) is 18.2. The second-order valence-electron chi connectivity index (χ2n) is 6.27. The van der Waals surface area contributed by atoms with Gasteiger partial charge in [0, 0.05) is 0 Å². The molecule has 0 saturated carbocycles. The molecule has 0 saturated heterocycles. The fourth-order valence-corrected chi connectivity index (χ4v) is 3.10. The van der Waals surface area contributed by atoms with Gasteiger partial charge in [0.05, 0.1) is 10.9 Å². The molecule has 2 unspecified atom stereocenters. The highest BCUT2D eigenvalue weighted by Crippen LogP contribution is 2.21. The highest BCUT2D eigenvalue weighted by atomic mass is 32.1. The lowest BCUT2D eigenvalue weighted by molar-refractivity contribution is -0.123. The van der Waals surface area contributed by atoms with Crippen molar-refractivity contribution in [1.82, 2.24) is 10.6 Å². The van der Waals surface area contributed by atoms with Crippen molar-refractivity contribution in [3.63, 3.8) is 0 Å². The Morgan fingerprint density at radius 2 is 1.71 bits per heavy atom. The number of hydrogen-bond acceptors (Lipinski definition) is 3. The van der Waals surface area contributed by atoms with Crippen molar-refractivity contribution in [2.45, 2.75) is 39.3 Å². The Morgan fingerprint density at radius 1 is 1.00 bits per heavy atom. The van der Waals surface area contributed by atoms with Crippen LogP contribution in [0.3, 0.4) is 0 Å². The summed E-state index contributed by atoms with van der Waals surface area (Å²) in [4.78, 5) is 25.2. The summed E-state index contributed by atoms with van der Waals surface area (Å²) >= 11 is 1.36. The number of carbonyl (C=O) groups is 2. The fourth-order valence-electron chi connectivity index (χ4n) is 2.47. The van der Waals surface area contributed by atoms with Crippen molar-refractivity contribution >= 4 is 23.2 Å². The molecule has 1 heterocycles. The van der Waals surface area contributed by atoms with Gasteiger partial charge in [-0.2, -0.15) is 0 Å². The normalized spacial score (nSPS) is 13.3. The minimum atomic E-state index is -0.585. The van der Waals surface area contributed by atoms with Crippen LogP contribution in [0.15, 0.2) is 47.8 Å². The van der Waals surface area contributed by atoms with Crippen molar-refractivity contribution in [2.75, 3.05) is 0 Å². The summed E-state index contributed by atoms with van der Waals surface area (Å²) in [7, 11) is 0. The quantitative estimate of drug-likeness (QED) is 0.803. The van der Waals surface area contributed by atoms with E-state index < -0.39 is 6.04 Å². The van der Waals surface area contributed by atoms with Crippen molar-refractivity contribution in [3.05, 3.63) is 58.3 Å². The van der Waals surface area contributed by atoms with Gasteiger partial charge in [-0.25, -0.2) is 0 Å². The first-order valence-corrected chi connectivity index (χ1v) is 9.05. The largest absolute Gasteiger partial charge is 0.348 e. The summed E-state index contributed by atoms with van der Waals surface area (Å²) in [5.41, 5.74) is 1.08. The maximum atomic E-state index is 12.5. The highest BCUT2D eigenvalue weighted by molar-refractivity contribution is 7.12. The molecule has 0 radical (unpaired) electrons. The molecule has 2 atom stereocenters. The molecule has 4 nitrogen and oxygen atoms in total. The van der Waals surface area contributed by atoms with E-state index in [0.29, 0.717) is 10.8 Å². The van der Waals surface area contributed by atoms with Crippen LogP contribution in [0, 0.1) is 5.92 Å². The van der Waals surface area contributed by atoms with E-state index in [2.05, 4.69) is 24.5 Å². The SMILES string of the molecule is CC(C)CC(NC(=O)C(C)NC(=O)c1cccs1)c1ccccc1. The van der Waals surface area contributed by atoms with Gasteiger partial charge in [-0.3, -0.25) is 9.59 Å². The van der Waals surface area contributed by atoms with Crippen LogP contribution in [0.2, 0.25) is 0 Å². The predicted molar refractivity (Wildman–Crippen MR) is 98.0 cm³/mol. The second-order valence-corrected chi connectivity index (χ2v) is 7.22. The number of rotatable bonds is 7. The summed E-state index contributed by atoms with van der Waals surface area (Å²) in [5, 5.41) is 7.66. The summed E-state index contributed by atoms with van der Waals surface area (Å²) in [6.45, 7) is 5.96. The molecule has 0 spiro atoms. The number of carbonyl (C=O) groups excluding carboxylic acids is 2. The maximum Gasteiger partial charge on any atom is 0.261 e. The van der Waals surface area contributed by atoms with E-state index in [0.717, 1.165) is 12.0 Å². The molecule has 2 N–H and O–H groups in total. The molecule has 5 heteroatoms. The van der Waals surface area contributed by atoms with Gasteiger partial charge in [-0.1, -0.05) is 50.2 Å². The van der Waals surface area contributed by atoms with Gasteiger partial charge in [0.1, 0.15) is 6.04 Å². The van der Waals surface area contributed by atoms with Crippen LogP contribution in [-0.4, -0.2) is 17.9 Å². The van der Waals surface area contributed by atoms with Crippen LogP contribution in [0.5, 0.6) is 0 Å². The Hall–Kier alpha value is -2.14. The van der Waals surface area contributed by atoms with Gasteiger partial charge < -0.3 is 10.6 Å². The third kappa shape index (κ3) is 5.20. The van der Waals surface area contributed by atoms with E-state index in [-0.39, 0.29) is 17.9 Å². The van der Waals surface area contributed by atoms with Crippen LogP contribution >= 0.6 is 11.3 Å². The molecule has 0 aliphatic rings. The standard InChI is InChI=1S/C19H24N2O2S/c1-13(2)12-16(15-8-5-4-6-9-15)21-18(22)14(3)20-19(23)17-10-7-11-24-17/h4-11,13-14,16H,12H2,1-3H3,(H,20,23)(H,21,22). The van der Waals surface area contributed by atoms with Crippen LogP contribution in [0.25, 0.3) is 0 Å². The smallest absolute Gasteiger partial charge is 0.261 e. The summed E-state index contributed by atoms with van der Waals surface area (Å²) in [5.74, 6) is 0.0636. The van der Waals surface area contributed by atoms with E-state index in [1.165, 1.54) is 11.3 Å². The third-order valence-electron chi connectivity index (χ3n) is 3.71. The Labute approximate surface area is 147 Å². The maximum absolute atomic E-state index is 12.5. The van der Waals surface area contributed by atoms with E-state index in [1.807, 2.05) is 41.8 Å². The van der Waals surface area contributed by atoms with Gasteiger partial charge in [-0.05, 0) is 36.3 Å². The summed E-state index contributed by atoms with van der Waals surface area (Å²) in [6, 6.07) is 12.9. The zero-order valence-corrected chi connectivity index (χ0v) is 15.1. The van der Waals surface area contributed by atoms with Gasteiger partial charge >= 0.3 is 0 Å². The predicted octanol–water partition coefficient (Wildman–Crippen LogP) is 3.77. The van der Waals surface area contributed by atoms with E-state index in [9.17, 15) is 9.59 Å². The first-order chi connectivity index (χ1) is 11.5. The van der Waals surface area contributed by atoms with Gasteiger partial charge in [0.25, 0.3) is 5.91 Å². The number of nitrogens with one attached hydrogen (secondary N) is 2. The monoisotopic (exact) mass is 344 g/mol. The van der Waals surface area contributed by atoms with Crippen LogP contribution in [-0.2, 0) is 4.79 Å². The average Bonchev–Trinajstić information content (AvgIpc) is 3.09. The number of benzene rings is 1. The minimum absolute atomic E-state index is 0.0558. The number of thiophene rings is 1. The molecule has 0 aliphatic heterocycles. The number of hydrogen-bond donors (Lipinski definition) is 2. The van der Waals surface area contributed by atoms with Gasteiger partial charge in [-0.15, -0.1) is 11.3 Å². The number of amides is 2. The van der Waals surface area contributed by atoms with Crippen molar-refractivity contribution in [2.24, 2.45) is 5.92 Å². The van der Waals surface area contributed by atoms with E-state index >= 15 is 0 Å². The van der Waals surface area contributed by atoms with Crippen LogP contribution in [0.4, 0.5) is 0 Å². The lowest BCUT2D eigenvalue weighted by atomic mass is 9.96. The first-order valence-electron chi connectivity index (χ1n) is 8.17. The Balaban J connectivity index is 2.00.